The standard InChI is InChI=1S/C24H27N3O4S2/c1-5-31-20-10-8-18(9-11-20)27-33(28,29)21-12-13-22(23(15-21)30-4)26-24(32)25-19-7-6-16(2)17(3)14-19/h6-15,27H,5H2,1-4H3,(H2,25,26,32). The van der Waals surface area contributed by atoms with Gasteiger partial charge in [-0.25, -0.2) is 8.42 Å². The first kappa shape index (κ1) is 24.3. The molecule has 0 bridgehead atoms. The Morgan fingerprint density at radius 3 is 2.24 bits per heavy atom. The van der Waals surface area contributed by atoms with Crippen LogP contribution in [0.25, 0.3) is 0 Å². The largest absolute Gasteiger partial charge is 0.495 e. The number of methoxy groups -OCH3 is 1. The van der Waals surface area contributed by atoms with E-state index in [2.05, 4.69) is 15.4 Å². The van der Waals surface area contributed by atoms with Crippen molar-refractivity contribution in [2.45, 2.75) is 25.7 Å². The summed E-state index contributed by atoms with van der Waals surface area (Å²) in [5.74, 6) is 1.01. The lowest BCUT2D eigenvalue weighted by Crippen LogP contribution is -2.20. The highest BCUT2D eigenvalue weighted by atomic mass is 32.2. The molecule has 0 aromatic heterocycles. The summed E-state index contributed by atoms with van der Waals surface area (Å²) in [6, 6.07) is 17.2. The number of anilines is 3. The van der Waals surface area contributed by atoms with Crippen LogP contribution in [0.2, 0.25) is 0 Å². The zero-order valence-corrected chi connectivity index (χ0v) is 20.6. The second kappa shape index (κ2) is 10.5. The molecule has 33 heavy (non-hydrogen) atoms. The van der Waals surface area contributed by atoms with Crippen molar-refractivity contribution in [2.24, 2.45) is 0 Å². The van der Waals surface area contributed by atoms with Crippen LogP contribution in [-0.4, -0.2) is 27.2 Å². The first-order chi connectivity index (χ1) is 15.7. The Morgan fingerprint density at radius 2 is 1.61 bits per heavy atom. The van der Waals surface area contributed by atoms with Crippen molar-refractivity contribution in [3.63, 3.8) is 0 Å². The van der Waals surface area contributed by atoms with Gasteiger partial charge in [0.1, 0.15) is 11.5 Å². The number of thiocarbonyl (C=S) groups is 1. The van der Waals surface area contributed by atoms with E-state index in [-0.39, 0.29) is 4.90 Å². The third kappa shape index (κ3) is 6.36. The summed E-state index contributed by atoms with van der Waals surface area (Å²) in [7, 11) is -2.35. The molecule has 0 atom stereocenters. The van der Waals surface area contributed by atoms with E-state index in [0.717, 1.165) is 11.3 Å². The minimum atomic E-state index is -3.82. The molecular formula is C24H27N3O4S2. The number of sulfonamides is 1. The first-order valence-electron chi connectivity index (χ1n) is 10.3. The molecule has 0 heterocycles. The van der Waals surface area contributed by atoms with Crippen LogP contribution in [0.15, 0.2) is 65.6 Å². The van der Waals surface area contributed by atoms with E-state index in [9.17, 15) is 8.42 Å². The highest BCUT2D eigenvalue weighted by Gasteiger charge is 2.17. The molecule has 0 unspecified atom stereocenters. The molecule has 7 nitrogen and oxygen atoms in total. The maximum absolute atomic E-state index is 12.9. The van der Waals surface area contributed by atoms with Crippen LogP contribution in [0.4, 0.5) is 17.1 Å². The van der Waals surface area contributed by atoms with Crippen molar-refractivity contribution < 1.29 is 17.9 Å². The molecule has 3 N–H and O–H groups in total. The van der Waals surface area contributed by atoms with Crippen molar-refractivity contribution in [1.82, 2.24) is 0 Å². The van der Waals surface area contributed by atoms with Crippen LogP contribution >= 0.6 is 12.2 Å². The fraction of sp³-hybridized carbons (Fsp3) is 0.208. The number of nitrogens with one attached hydrogen (secondary N) is 3. The number of rotatable bonds is 8. The lowest BCUT2D eigenvalue weighted by Gasteiger charge is -2.16. The van der Waals surface area contributed by atoms with Crippen LogP contribution < -0.4 is 24.8 Å². The third-order valence-electron chi connectivity index (χ3n) is 4.91. The van der Waals surface area contributed by atoms with Gasteiger partial charge in [0.15, 0.2) is 5.11 Å². The highest BCUT2D eigenvalue weighted by Crippen LogP contribution is 2.29. The Bertz CT molecular complexity index is 1240. The van der Waals surface area contributed by atoms with Gasteiger partial charge in [0.25, 0.3) is 10.0 Å². The summed E-state index contributed by atoms with van der Waals surface area (Å²) in [6.07, 6.45) is 0. The van der Waals surface area contributed by atoms with Crippen molar-refractivity contribution in [2.75, 3.05) is 29.1 Å². The smallest absolute Gasteiger partial charge is 0.262 e. The summed E-state index contributed by atoms with van der Waals surface area (Å²) < 4.78 is 39.1. The molecule has 0 aliphatic rings. The van der Waals surface area contributed by atoms with Crippen LogP contribution in [-0.2, 0) is 10.0 Å². The summed E-state index contributed by atoms with van der Waals surface area (Å²) in [6.45, 7) is 6.49. The molecule has 0 saturated carbocycles. The van der Waals surface area contributed by atoms with Crippen LogP contribution in [0.1, 0.15) is 18.1 Å². The number of hydrogen-bond acceptors (Lipinski definition) is 5. The Kier molecular flexibility index (Phi) is 7.78. The van der Waals surface area contributed by atoms with E-state index in [1.165, 1.54) is 24.8 Å². The minimum absolute atomic E-state index is 0.0619. The van der Waals surface area contributed by atoms with E-state index in [4.69, 9.17) is 21.7 Å². The molecule has 3 aromatic carbocycles. The Hall–Kier alpha value is -3.30. The predicted molar refractivity (Wildman–Crippen MR) is 137 cm³/mol. The Balaban J connectivity index is 1.73. The molecule has 0 saturated heterocycles. The van der Waals surface area contributed by atoms with Gasteiger partial charge < -0.3 is 20.1 Å². The van der Waals surface area contributed by atoms with Crippen molar-refractivity contribution >= 4 is 44.4 Å². The second-order valence-corrected chi connectivity index (χ2v) is 9.39. The van der Waals surface area contributed by atoms with Gasteiger partial charge in [0.2, 0.25) is 0 Å². The topological polar surface area (TPSA) is 88.7 Å². The zero-order chi connectivity index (χ0) is 24.0. The summed E-state index contributed by atoms with van der Waals surface area (Å²) >= 11 is 5.41. The molecule has 3 rings (SSSR count). The number of hydrogen-bond donors (Lipinski definition) is 3. The fourth-order valence-electron chi connectivity index (χ4n) is 3.05. The van der Waals surface area contributed by atoms with E-state index >= 15 is 0 Å². The molecule has 0 fully saturated rings. The summed E-state index contributed by atoms with van der Waals surface area (Å²) in [4.78, 5) is 0.0619. The number of benzene rings is 3. The number of aryl methyl sites for hydroxylation is 2. The zero-order valence-electron chi connectivity index (χ0n) is 18.9. The minimum Gasteiger partial charge on any atom is -0.495 e. The monoisotopic (exact) mass is 485 g/mol. The molecule has 0 spiro atoms. The number of ether oxygens (including phenoxy) is 2. The SMILES string of the molecule is CCOc1ccc(NS(=O)(=O)c2ccc(NC(=S)Nc3ccc(C)c(C)c3)c(OC)c2)cc1. The average molecular weight is 486 g/mol. The van der Waals surface area contributed by atoms with Crippen molar-refractivity contribution in [3.8, 4) is 11.5 Å². The molecule has 3 aromatic rings. The quantitative estimate of drug-likeness (QED) is 0.372. The van der Waals surface area contributed by atoms with E-state index in [1.54, 1.807) is 30.3 Å². The van der Waals surface area contributed by atoms with Gasteiger partial charge in [-0.2, -0.15) is 0 Å². The fourth-order valence-corrected chi connectivity index (χ4v) is 4.35. The van der Waals surface area contributed by atoms with Crippen molar-refractivity contribution in [1.29, 1.82) is 0 Å². The van der Waals surface area contributed by atoms with Gasteiger partial charge in [-0.15, -0.1) is 0 Å². The van der Waals surface area contributed by atoms with E-state index in [0.29, 0.717) is 34.6 Å². The Labute approximate surface area is 200 Å². The van der Waals surface area contributed by atoms with Gasteiger partial charge >= 0.3 is 0 Å². The summed E-state index contributed by atoms with van der Waals surface area (Å²) in [5, 5.41) is 6.54. The lowest BCUT2D eigenvalue weighted by atomic mass is 10.1. The first-order valence-corrected chi connectivity index (χ1v) is 12.2. The van der Waals surface area contributed by atoms with Crippen molar-refractivity contribution in [3.05, 3.63) is 71.8 Å². The lowest BCUT2D eigenvalue weighted by molar-refractivity contribution is 0.340. The predicted octanol–water partition coefficient (Wildman–Crippen LogP) is 5.32. The highest BCUT2D eigenvalue weighted by molar-refractivity contribution is 7.92. The molecule has 0 amide bonds. The normalized spacial score (nSPS) is 10.9. The summed E-state index contributed by atoms with van der Waals surface area (Å²) in [5.41, 5.74) is 4.16. The average Bonchev–Trinajstić information content (AvgIpc) is 2.77. The maximum Gasteiger partial charge on any atom is 0.262 e. The molecule has 0 radical (unpaired) electrons. The van der Waals surface area contributed by atoms with Crippen LogP contribution in [0.3, 0.4) is 0 Å². The Morgan fingerprint density at radius 1 is 0.909 bits per heavy atom. The van der Waals surface area contributed by atoms with Crippen LogP contribution in [0, 0.1) is 13.8 Å². The molecule has 0 aliphatic heterocycles. The third-order valence-corrected chi connectivity index (χ3v) is 6.50. The molecule has 174 valence electrons. The van der Waals surface area contributed by atoms with E-state index < -0.39 is 10.0 Å². The van der Waals surface area contributed by atoms with Gasteiger partial charge in [-0.3, -0.25) is 4.72 Å². The van der Waals surface area contributed by atoms with Gasteiger partial charge in [-0.05, 0) is 92.6 Å². The molecule has 0 aliphatic carbocycles. The maximum atomic E-state index is 12.9. The van der Waals surface area contributed by atoms with E-state index in [1.807, 2.05) is 39.0 Å². The van der Waals surface area contributed by atoms with Gasteiger partial charge in [-0.1, -0.05) is 6.07 Å². The molecular weight excluding hydrogens is 458 g/mol. The van der Waals surface area contributed by atoms with Crippen LogP contribution in [0.5, 0.6) is 11.5 Å². The van der Waals surface area contributed by atoms with Gasteiger partial charge in [0.05, 0.1) is 24.3 Å². The second-order valence-electron chi connectivity index (χ2n) is 7.30. The molecule has 9 heteroatoms. The van der Waals surface area contributed by atoms with Gasteiger partial charge in [0, 0.05) is 17.4 Å².